The minimum Gasteiger partial charge on any atom is -0.275 e. The SMILES string of the molecule is Cc1cc(=S)n2c(n1)sc1ccccc12. The van der Waals surface area contributed by atoms with Crippen LogP contribution in [0, 0.1) is 11.6 Å². The highest BCUT2D eigenvalue weighted by molar-refractivity contribution is 7.71. The predicted octanol–water partition coefficient (Wildman–Crippen LogP) is 3.59. The van der Waals surface area contributed by atoms with Crippen molar-refractivity contribution < 1.29 is 0 Å². The lowest BCUT2D eigenvalue weighted by Crippen LogP contribution is -1.90. The fourth-order valence-electron chi connectivity index (χ4n) is 1.69. The summed E-state index contributed by atoms with van der Waals surface area (Å²) in [7, 11) is 0. The molecule has 0 spiro atoms. The summed E-state index contributed by atoms with van der Waals surface area (Å²) in [5, 5.41) is 0. The molecule has 15 heavy (non-hydrogen) atoms. The number of hydrogen-bond acceptors (Lipinski definition) is 3. The standard InChI is InChI=1S/C11H8N2S2/c1-7-6-10(14)13-8-4-2-3-5-9(8)15-11(13)12-7/h2-6H,1H3. The molecule has 0 radical (unpaired) electrons. The lowest BCUT2D eigenvalue weighted by molar-refractivity contribution is 1.11. The zero-order chi connectivity index (χ0) is 10.4. The van der Waals surface area contributed by atoms with Crippen LogP contribution < -0.4 is 0 Å². The van der Waals surface area contributed by atoms with Crippen molar-refractivity contribution in [2.24, 2.45) is 0 Å². The molecule has 3 aromatic rings. The highest BCUT2D eigenvalue weighted by Gasteiger charge is 2.05. The van der Waals surface area contributed by atoms with Crippen LogP contribution in [0.5, 0.6) is 0 Å². The normalized spacial score (nSPS) is 11.3. The summed E-state index contributed by atoms with van der Waals surface area (Å²) in [5.74, 6) is 0. The lowest BCUT2D eigenvalue weighted by atomic mass is 10.3. The first-order valence-corrected chi connectivity index (χ1v) is 5.86. The van der Waals surface area contributed by atoms with Crippen LogP contribution >= 0.6 is 23.6 Å². The number of benzene rings is 1. The molecule has 0 fully saturated rings. The number of para-hydroxylation sites is 1. The molecule has 3 rings (SSSR count). The zero-order valence-corrected chi connectivity index (χ0v) is 9.73. The third-order valence-electron chi connectivity index (χ3n) is 2.32. The van der Waals surface area contributed by atoms with Gasteiger partial charge in [-0.15, -0.1) is 0 Å². The first kappa shape index (κ1) is 9.00. The van der Waals surface area contributed by atoms with Crippen LogP contribution in [0.4, 0.5) is 0 Å². The maximum Gasteiger partial charge on any atom is 0.195 e. The first-order chi connectivity index (χ1) is 7.25. The van der Waals surface area contributed by atoms with Gasteiger partial charge in [-0.2, -0.15) is 0 Å². The number of fused-ring (bicyclic) bond motifs is 3. The molecule has 0 atom stereocenters. The maximum atomic E-state index is 5.35. The second kappa shape index (κ2) is 3.12. The zero-order valence-electron chi connectivity index (χ0n) is 8.10. The Morgan fingerprint density at radius 2 is 2.13 bits per heavy atom. The predicted molar refractivity (Wildman–Crippen MR) is 66.1 cm³/mol. The maximum absolute atomic E-state index is 5.35. The Labute approximate surface area is 95.8 Å². The van der Waals surface area contributed by atoms with Crippen molar-refractivity contribution in [1.29, 1.82) is 0 Å². The summed E-state index contributed by atoms with van der Waals surface area (Å²) in [6.45, 7) is 1.97. The summed E-state index contributed by atoms with van der Waals surface area (Å²) in [6, 6.07) is 10.2. The molecule has 0 aliphatic carbocycles. The third-order valence-corrected chi connectivity index (χ3v) is 3.65. The fraction of sp³-hybridized carbons (Fsp3) is 0.0909. The van der Waals surface area contributed by atoms with Gasteiger partial charge in [0, 0.05) is 5.69 Å². The average molecular weight is 232 g/mol. The van der Waals surface area contributed by atoms with Crippen molar-refractivity contribution in [1.82, 2.24) is 9.38 Å². The topological polar surface area (TPSA) is 17.3 Å². The highest BCUT2D eigenvalue weighted by atomic mass is 32.1. The number of rotatable bonds is 0. The summed E-state index contributed by atoms with van der Waals surface area (Å²) < 4.78 is 4.08. The number of hydrogen-bond donors (Lipinski definition) is 0. The van der Waals surface area contributed by atoms with Gasteiger partial charge in [0.05, 0.1) is 10.2 Å². The molecule has 1 aromatic carbocycles. The van der Waals surface area contributed by atoms with E-state index in [0.29, 0.717) is 0 Å². The molecular formula is C11H8N2S2. The number of aromatic nitrogens is 2. The van der Waals surface area contributed by atoms with Crippen molar-refractivity contribution in [3.63, 3.8) is 0 Å². The van der Waals surface area contributed by atoms with Crippen molar-refractivity contribution in [2.45, 2.75) is 6.92 Å². The van der Waals surface area contributed by atoms with Crippen molar-refractivity contribution in [2.75, 3.05) is 0 Å². The fourth-order valence-corrected chi connectivity index (χ4v) is 3.19. The van der Waals surface area contributed by atoms with Gasteiger partial charge in [-0.1, -0.05) is 35.7 Å². The van der Waals surface area contributed by atoms with E-state index in [2.05, 4.69) is 17.1 Å². The van der Waals surface area contributed by atoms with Crippen LogP contribution in [0.25, 0.3) is 15.2 Å². The molecular weight excluding hydrogens is 224 g/mol. The van der Waals surface area contributed by atoms with Crippen LogP contribution in [0.3, 0.4) is 0 Å². The second-order valence-corrected chi connectivity index (χ2v) is 4.85. The van der Waals surface area contributed by atoms with E-state index in [1.165, 1.54) is 4.70 Å². The molecule has 74 valence electrons. The first-order valence-electron chi connectivity index (χ1n) is 4.64. The van der Waals surface area contributed by atoms with E-state index < -0.39 is 0 Å². The minimum atomic E-state index is 0.829. The molecule has 0 N–H and O–H groups in total. The number of nitrogens with zero attached hydrogens (tertiary/aromatic N) is 2. The average Bonchev–Trinajstić information content (AvgIpc) is 2.54. The Morgan fingerprint density at radius 3 is 3.00 bits per heavy atom. The molecule has 2 aromatic heterocycles. The van der Waals surface area contributed by atoms with Gasteiger partial charge in [0.25, 0.3) is 0 Å². The van der Waals surface area contributed by atoms with Gasteiger partial charge in [0.15, 0.2) is 4.96 Å². The summed E-state index contributed by atoms with van der Waals surface area (Å²) in [6.07, 6.45) is 0. The van der Waals surface area contributed by atoms with Gasteiger partial charge < -0.3 is 0 Å². The minimum absolute atomic E-state index is 0.829. The highest BCUT2D eigenvalue weighted by Crippen LogP contribution is 2.25. The number of thiazole rings is 1. The molecule has 0 bridgehead atoms. The van der Waals surface area contributed by atoms with Crippen LogP contribution in [-0.2, 0) is 0 Å². The molecule has 2 nitrogen and oxygen atoms in total. The molecule has 0 saturated carbocycles. The van der Waals surface area contributed by atoms with Crippen molar-refractivity contribution >= 4 is 38.7 Å². The van der Waals surface area contributed by atoms with Crippen LogP contribution in [-0.4, -0.2) is 9.38 Å². The van der Waals surface area contributed by atoms with Crippen LogP contribution in [0.1, 0.15) is 5.69 Å². The quantitative estimate of drug-likeness (QED) is 0.551. The Kier molecular flexibility index (Phi) is 1.87. The van der Waals surface area contributed by atoms with Crippen molar-refractivity contribution in [3.8, 4) is 0 Å². The smallest absolute Gasteiger partial charge is 0.195 e. The molecule has 4 heteroatoms. The number of aryl methyl sites for hydroxylation is 1. The summed E-state index contributed by atoms with van der Waals surface area (Å²) in [4.78, 5) is 5.46. The van der Waals surface area contributed by atoms with E-state index >= 15 is 0 Å². The monoisotopic (exact) mass is 232 g/mol. The van der Waals surface area contributed by atoms with Crippen molar-refractivity contribution in [3.05, 3.63) is 40.7 Å². The van der Waals surface area contributed by atoms with E-state index in [4.69, 9.17) is 12.2 Å². The Balaban J connectivity index is 2.67. The second-order valence-electron chi connectivity index (χ2n) is 3.42. The Bertz CT molecular complexity index is 709. The van der Waals surface area contributed by atoms with Gasteiger partial charge >= 0.3 is 0 Å². The van der Waals surface area contributed by atoms with Crippen LogP contribution in [0.15, 0.2) is 30.3 Å². The van der Waals surface area contributed by atoms with E-state index in [9.17, 15) is 0 Å². The van der Waals surface area contributed by atoms with Gasteiger partial charge in [0.1, 0.15) is 4.64 Å². The molecule has 2 heterocycles. The largest absolute Gasteiger partial charge is 0.275 e. The van der Waals surface area contributed by atoms with Gasteiger partial charge in [0.2, 0.25) is 0 Å². The van der Waals surface area contributed by atoms with E-state index in [1.807, 2.05) is 29.5 Å². The Hall–Kier alpha value is -1.26. The molecule has 0 aliphatic heterocycles. The van der Waals surface area contributed by atoms with E-state index in [1.54, 1.807) is 11.3 Å². The third kappa shape index (κ3) is 1.29. The van der Waals surface area contributed by atoms with Gasteiger partial charge in [-0.25, -0.2) is 4.98 Å². The van der Waals surface area contributed by atoms with Crippen LogP contribution in [0.2, 0.25) is 0 Å². The lowest BCUT2D eigenvalue weighted by Gasteiger charge is -1.96. The summed E-state index contributed by atoms with van der Waals surface area (Å²) in [5.41, 5.74) is 2.13. The van der Waals surface area contributed by atoms with E-state index in [-0.39, 0.29) is 0 Å². The Morgan fingerprint density at radius 1 is 1.33 bits per heavy atom. The van der Waals surface area contributed by atoms with E-state index in [0.717, 1.165) is 20.8 Å². The molecule has 0 saturated heterocycles. The summed E-state index contributed by atoms with van der Waals surface area (Å²) >= 11 is 7.03. The molecule has 0 aliphatic rings. The van der Waals surface area contributed by atoms with Gasteiger partial charge in [-0.05, 0) is 25.1 Å². The molecule has 0 unspecified atom stereocenters. The molecule has 0 amide bonds. The van der Waals surface area contributed by atoms with Gasteiger partial charge in [-0.3, -0.25) is 4.40 Å².